The van der Waals surface area contributed by atoms with Crippen LogP contribution in [0.4, 0.5) is 0 Å². The van der Waals surface area contributed by atoms with Gasteiger partial charge >= 0.3 is 0 Å². The molecule has 2 amide bonds. The minimum absolute atomic E-state index is 0.0752. The first kappa shape index (κ1) is 19.7. The fourth-order valence-corrected chi connectivity index (χ4v) is 3.35. The summed E-state index contributed by atoms with van der Waals surface area (Å²) in [4.78, 5) is 25.9. The number of halogens is 2. The van der Waals surface area contributed by atoms with Crippen LogP contribution >= 0.6 is 23.2 Å². The van der Waals surface area contributed by atoms with Gasteiger partial charge in [-0.05, 0) is 31.5 Å². The molecule has 0 spiro atoms. The lowest BCUT2D eigenvalue weighted by atomic mass is 10.2. The number of rotatable bonds is 5. The highest BCUT2D eigenvalue weighted by Crippen LogP contribution is 2.26. The Hall–Kier alpha value is -2.09. The highest BCUT2D eigenvalue weighted by atomic mass is 35.5. The molecule has 0 aliphatic carbocycles. The molecular weight excluding hydrogens is 391 g/mol. The van der Waals surface area contributed by atoms with Crippen molar-refractivity contribution >= 4 is 35.0 Å². The molecule has 1 aromatic heterocycles. The topological polar surface area (TPSA) is 76.5 Å². The lowest BCUT2D eigenvalue weighted by Crippen LogP contribution is -2.45. The van der Waals surface area contributed by atoms with E-state index in [1.54, 1.807) is 17.9 Å². The number of carbonyl (C=O) groups excluding carboxylic acids is 2. The van der Waals surface area contributed by atoms with Crippen LogP contribution in [0.2, 0.25) is 10.2 Å². The molecule has 1 aromatic carbocycles. The molecule has 27 heavy (non-hydrogen) atoms. The van der Waals surface area contributed by atoms with E-state index in [1.165, 1.54) is 4.68 Å². The summed E-state index contributed by atoms with van der Waals surface area (Å²) in [5.74, 6) is -0.406. The van der Waals surface area contributed by atoms with Crippen molar-refractivity contribution in [2.75, 3.05) is 32.8 Å². The number of ether oxygens (including phenoxy) is 1. The second-order valence-electron chi connectivity index (χ2n) is 6.29. The number of nitrogens with one attached hydrogen (secondary N) is 1. The minimum atomic E-state index is -0.331. The molecule has 0 radical (unpaired) electrons. The fourth-order valence-electron chi connectivity index (χ4n) is 2.82. The normalized spacial score (nSPS) is 14.5. The molecular formula is C18H20Cl2N4O3. The number of aromatic nitrogens is 2. The van der Waals surface area contributed by atoms with E-state index >= 15 is 0 Å². The average molecular weight is 411 g/mol. The first-order valence-electron chi connectivity index (χ1n) is 8.54. The quantitative estimate of drug-likeness (QED) is 0.820. The summed E-state index contributed by atoms with van der Waals surface area (Å²) in [6.07, 6.45) is 0. The van der Waals surface area contributed by atoms with E-state index in [0.29, 0.717) is 48.2 Å². The minimum Gasteiger partial charge on any atom is -0.370 e. The second kappa shape index (κ2) is 8.29. The molecule has 144 valence electrons. The zero-order valence-corrected chi connectivity index (χ0v) is 16.6. The van der Waals surface area contributed by atoms with Crippen molar-refractivity contribution in [3.8, 4) is 5.69 Å². The standard InChI is InChI=1S/C18H20Cl2N4O3/c1-11-3-4-13(9-14(11)19)24-17(20)16(12(2)22-24)18(26)21-5-6-23-7-8-27-10-15(23)25/h3-4,9H,5-8,10H2,1-2H3,(H,21,26). The van der Waals surface area contributed by atoms with Gasteiger partial charge in [0.25, 0.3) is 5.91 Å². The molecule has 1 saturated heterocycles. The first-order valence-corrected chi connectivity index (χ1v) is 9.29. The van der Waals surface area contributed by atoms with Gasteiger partial charge in [0.2, 0.25) is 5.91 Å². The van der Waals surface area contributed by atoms with Crippen molar-refractivity contribution < 1.29 is 14.3 Å². The largest absolute Gasteiger partial charge is 0.370 e. The smallest absolute Gasteiger partial charge is 0.256 e. The lowest BCUT2D eigenvalue weighted by Gasteiger charge is -2.26. The number of nitrogens with zero attached hydrogens (tertiary/aromatic N) is 3. The molecule has 1 N–H and O–H groups in total. The number of hydrogen-bond acceptors (Lipinski definition) is 4. The number of amides is 2. The van der Waals surface area contributed by atoms with E-state index in [4.69, 9.17) is 27.9 Å². The molecule has 7 nitrogen and oxygen atoms in total. The number of aryl methyl sites for hydroxylation is 2. The number of benzene rings is 1. The van der Waals surface area contributed by atoms with Gasteiger partial charge in [-0.3, -0.25) is 9.59 Å². The molecule has 1 aliphatic rings. The Balaban J connectivity index is 1.70. The van der Waals surface area contributed by atoms with Crippen LogP contribution in [-0.4, -0.2) is 59.3 Å². The third-order valence-electron chi connectivity index (χ3n) is 4.38. The van der Waals surface area contributed by atoms with Gasteiger partial charge < -0.3 is 15.0 Å². The maximum absolute atomic E-state index is 12.6. The molecule has 3 rings (SSSR count). The maximum Gasteiger partial charge on any atom is 0.256 e. The number of morpholine rings is 1. The van der Waals surface area contributed by atoms with Crippen LogP contribution in [0.15, 0.2) is 18.2 Å². The van der Waals surface area contributed by atoms with E-state index in [2.05, 4.69) is 10.4 Å². The molecule has 0 saturated carbocycles. The second-order valence-corrected chi connectivity index (χ2v) is 7.05. The highest BCUT2D eigenvalue weighted by Gasteiger charge is 2.22. The zero-order chi connectivity index (χ0) is 19.6. The van der Waals surface area contributed by atoms with Crippen LogP contribution in [0.3, 0.4) is 0 Å². The van der Waals surface area contributed by atoms with E-state index in [0.717, 1.165) is 5.56 Å². The van der Waals surface area contributed by atoms with Crippen LogP contribution < -0.4 is 5.32 Å². The van der Waals surface area contributed by atoms with Gasteiger partial charge in [-0.1, -0.05) is 29.3 Å². The lowest BCUT2D eigenvalue weighted by molar-refractivity contribution is -0.142. The van der Waals surface area contributed by atoms with Crippen molar-refractivity contribution in [3.63, 3.8) is 0 Å². The zero-order valence-electron chi connectivity index (χ0n) is 15.1. The summed E-state index contributed by atoms with van der Waals surface area (Å²) in [7, 11) is 0. The molecule has 2 aromatic rings. The van der Waals surface area contributed by atoms with E-state index < -0.39 is 0 Å². The summed E-state index contributed by atoms with van der Waals surface area (Å²) in [5, 5.41) is 7.97. The monoisotopic (exact) mass is 410 g/mol. The Bertz CT molecular complexity index is 882. The maximum atomic E-state index is 12.6. The van der Waals surface area contributed by atoms with Gasteiger partial charge in [0.15, 0.2) is 0 Å². The molecule has 0 unspecified atom stereocenters. The summed E-state index contributed by atoms with van der Waals surface area (Å²) in [5.41, 5.74) is 2.44. The van der Waals surface area contributed by atoms with Gasteiger partial charge in [0.05, 0.1) is 23.6 Å². The third-order valence-corrected chi connectivity index (χ3v) is 5.14. The summed E-state index contributed by atoms with van der Waals surface area (Å²) < 4.78 is 6.57. The Kier molecular flexibility index (Phi) is 6.04. The first-order chi connectivity index (χ1) is 12.9. The van der Waals surface area contributed by atoms with E-state index in [1.807, 2.05) is 19.1 Å². The van der Waals surface area contributed by atoms with Crippen molar-refractivity contribution in [2.45, 2.75) is 13.8 Å². The SMILES string of the molecule is Cc1ccc(-n2nc(C)c(C(=O)NCCN3CCOCC3=O)c2Cl)cc1Cl. The molecule has 1 fully saturated rings. The fraction of sp³-hybridized carbons (Fsp3) is 0.389. The van der Waals surface area contributed by atoms with Crippen LogP contribution in [0.5, 0.6) is 0 Å². The molecule has 9 heteroatoms. The van der Waals surface area contributed by atoms with Crippen LogP contribution in [0.25, 0.3) is 5.69 Å². The Labute approximate surface area is 167 Å². The summed E-state index contributed by atoms with van der Waals surface area (Å²) >= 11 is 12.6. The van der Waals surface area contributed by atoms with Gasteiger partial charge in [0, 0.05) is 24.7 Å². The summed E-state index contributed by atoms with van der Waals surface area (Å²) in [6, 6.07) is 5.45. The number of carbonyl (C=O) groups is 2. The Morgan fingerprint density at radius 2 is 2.11 bits per heavy atom. The van der Waals surface area contributed by atoms with Crippen molar-refractivity contribution in [1.82, 2.24) is 20.0 Å². The van der Waals surface area contributed by atoms with E-state index in [-0.39, 0.29) is 23.6 Å². The van der Waals surface area contributed by atoms with Crippen LogP contribution in [-0.2, 0) is 9.53 Å². The predicted octanol–water partition coefficient (Wildman–Crippen LogP) is 2.38. The van der Waals surface area contributed by atoms with Crippen LogP contribution in [0.1, 0.15) is 21.6 Å². The highest BCUT2D eigenvalue weighted by molar-refractivity contribution is 6.33. The Morgan fingerprint density at radius 1 is 1.33 bits per heavy atom. The number of hydrogen-bond donors (Lipinski definition) is 1. The molecule has 1 aliphatic heterocycles. The van der Waals surface area contributed by atoms with Gasteiger partial charge in [-0.25, -0.2) is 4.68 Å². The molecule has 0 atom stereocenters. The molecule has 2 heterocycles. The van der Waals surface area contributed by atoms with Gasteiger partial charge in [-0.15, -0.1) is 0 Å². The third kappa shape index (κ3) is 4.26. The average Bonchev–Trinajstić information content (AvgIpc) is 2.93. The van der Waals surface area contributed by atoms with Crippen molar-refractivity contribution in [1.29, 1.82) is 0 Å². The molecule has 0 bridgehead atoms. The van der Waals surface area contributed by atoms with E-state index in [9.17, 15) is 9.59 Å². The van der Waals surface area contributed by atoms with Crippen LogP contribution in [0, 0.1) is 13.8 Å². The Morgan fingerprint density at radius 3 is 2.81 bits per heavy atom. The van der Waals surface area contributed by atoms with Crippen molar-refractivity contribution in [3.05, 3.63) is 45.2 Å². The van der Waals surface area contributed by atoms with Crippen molar-refractivity contribution in [2.24, 2.45) is 0 Å². The van der Waals surface area contributed by atoms with Gasteiger partial charge in [-0.2, -0.15) is 5.10 Å². The summed E-state index contributed by atoms with van der Waals surface area (Å²) in [6.45, 7) is 5.49. The predicted molar refractivity (Wildman–Crippen MR) is 103 cm³/mol. The van der Waals surface area contributed by atoms with Gasteiger partial charge in [0.1, 0.15) is 11.8 Å².